The highest BCUT2D eigenvalue weighted by Crippen LogP contribution is 2.14. The summed E-state index contributed by atoms with van der Waals surface area (Å²) in [5, 5.41) is 0. The van der Waals surface area contributed by atoms with E-state index in [1.807, 2.05) is 6.92 Å². The van der Waals surface area contributed by atoms with Gasteiger partial charge in [0.1, 0.15) is 0 Å². The minimum Gasteiger partial charge on any atom is -0.286 e. The van der Waals surface area contributed by atoms with Gasteiger partial charge in [0.2, 0.25) is 0 Å². The molecule has 15 heavy (non-hydrogen) atoms. The van der Waals surface area contributed by atoms with Crippen molar-refractivity contribution >= 4 is 20.2 Å². The SMILES string of the molecule is CCCC(CCS(=O)(=O)O)CS(=O)(=O)O. The monoisotopic (exact) mass is 260 g/mol. The van der Waals surface area contributed by atoms with Crippen molar-refractivity contribution in [2.45, 2.75) is 26.2 Å². The summed E-state index contributed by atoms with van der Waals surface area (Å²) in [4.78, 5) is 0. The first-order valence-electron chi connectivity index (χ1n) is 4.54. The highest BCUT2D eigenvalue weighted by Gasteiger charge is 2.18. The summed E-state index contributed by atoms with van der Waals surface area (Å²) >= 11 is 0. The van der Waals surface area contributed by atoms with Crippen LogP contribution in [-0.4, -0.2) is 37.4 Å². The Kier molecular flexibility index (Phi) is 5.71. The highest BCUT2D eigenvalue weighted by molar-refractivity contribution is 7.86. The Hall–Kier alpha value is -0.180. The van der Waals surface area contributed by atoms with Crippen LogP contribution < -0.4 is 0 Å². The summed E-state index contributed by atoms with van der Waals surface area (Å²) in [6.45, 7) is 1.82. The molecule has 0 bridgehead atoms. The van der Waals surface area contributed by atoms with E-state index >= 15 is 0 Å². The maximum absolute atomic E-state index is 10.6. The van der Waals surface area contributed by atoms with E-state index in [2.05, 4.69) is 0 Å². The van der Waals surface area contributed by atoms with Crippen LogP contribution in [0.5, 0.6) is 0 Å². The lowest BCUT2D eigenvalue weighted by Gasteiger charge is -2.12. The third kappa shape index (κ3) is 10.1. The first kappa shape index (κ1) is 14.8. The van der Waals surface area contributed by atoms with E-state index in [-0.39, 0.29) is 6.42 Å². The van der Waals surface area contributed by atoms with Crippen LogP contribution in [0.1, 0.15) is 26.2 Å². The second-order valence-electron chi connectivity index (χ2n) is 3.48. The molecule has 0 heterocycles. The van der Waals surface area contributed by atoms with Crippen molar-refractivity contribution in [1.82, 2.24) is 0 Å². The lowest BCUT2D eigenvalue weighted by Crippen LogP contribution is -2.18. The maximum atomic E-state index is 10.6. The van der Waals surface area contributed by atoms with E-state index in [9.17, 15) is 16.8 Å². The smallest absolute Gasteiger partial charge is 0.265 e. The van der Waals surface area contributed by atoms with E-state index in [1.165, 1.54) is 0 Å². The second kappa shape index (κ2) is 5.78. The van der Waals surface area contributed by atoms with Gasteiger partial charge >= 0.3 is 0 Å². The Labute approximate surface area is 90.2 Å². The average molecular weight is 260 g/mol. The standard InChI is InChI=1S/C7H16O6S2/c1-2-3-7(6-15(11,12)13)4-5-14(8,9)10/h7H,2-6H2,1H3,(H,8,9,10)(H,11,12,13). The molecule has 0 aliphatic heterocycles. The molecule has 0 aliphatic carbocycles. The molecule has 1 atom stereocenters. The van der Waals surface area contributed by atoms with Crippen LogP contribution >= 0.6 is 0 Å². The summed E-state index contributed by atoms with van der Waals surface area (Å²) in [5.74, 6) is -1.38. The van der Waals surface area contributed by atoms with Crippen molar-refractivity contribution in [2.75, 3.05) is 11.5 Å². The van der Waals surface area contributed by atoms with Crippen LogP contribution in [0.25, 0.3) is 0 Å². The van der Waals surface area contributed by atoms with Crippen LogP contribution in [0.15, 0.2) is 0 Å². The summed E-state index contributed by atoms with van der Waals surface area (Å²) in [7, 11) is -8.16. The zero-order chi connectivity index (χ0) is 12.1. The van der Waals surface area contributed by atoms with Gasteiger partial charge in [0.15, 0.2) is 0 Å². The zero-order valence-corrected chi connectivity index (χ0v) is 10.1. The third-order valence-corrected chi connectivity index (χ3v) is 3.57. The Balaban J connectivity index is 4.29. The molecule has 0 amide bonds. The number of rotatable bonds is 7. The van der Waals surface area contributed by atoms with Gasteiger partial charge in [-0.25, -0.2) is 0 Å². The Morgan fingerprint density at radius 1 is 1.00 bits per heavy atom. The van der Waals surface area contributed by atoms with Gasteiger partial charge in [-0.1, -0.05) is 13.3 Å². The molecule has 2 N–H and O–H groups in total. The van der Waals surface area contributed by atoms with Crippen molar-refractivity contribution in [1.29, 1.82) is 0 Å². The minimum atomic E-state index is -4.09. The molecular formula is C7H16O6S2. The van der Waals surface area contributed by atoms with Crippen LogP contribution in [0, 0.1) is 5.92 Å². The average Bonchev–Trinajstić information content (AvgIpc) is 1.96. The quantitative estimate of drug-likeness (QED) is 0.648. The van der Waals surface area contributed by atoms with Gasteiger partial charge < -0.3 is 0 Å². The molecule has 0 saturated heterocycles. The Morgan fingerprint density at radius 2 is 1.53 bits per heavy atom. The molecule has 0 radical (unpaired) electrons. The van der Waals surface area contributed by atoms with Crippen molar-refractivity contribution in [3.8, 4) is 0 Å². The molecule has 8 heteroatoms. The first-order valence-corrected chi connectivity index (χ1v) is 7.76. The summed E-state index contributed by atoms with van der Waals surface area (Å²) in [6, 6.07) is 0. The third-order valence-electron chi connectivity index (χ3n) is 1.93. The highest BCUT2D eigenvalue weighted by atomic mass is 32.2. The van der Waals surface area contributed by atoms with Gasteiger partial charge in [0.25, 0.3) is 20.2 Å². The molecule has 0 saturated carbocycles. The van der Waals surface area contributed by atoms with E-state index < -0.39 is 37.7 Å². The van der Waals surface area contributed by atoms with Gasteiger partial charge in [-0.3, -0.25) is 9.11 Å². The van der Waals surface area contributed by atoms with Gasteiger partial charge in [-0.2, -0.15) is 16.8 Å². The van der Waals surface area contributed by atoms with Gasteiger partial charge in [-0.15, -0.1) is 0 Å². The van der Waals surface area contributed by atoms with Gasteiger partial charge in [-0.05, 0) is 18.8 Å². The van der Waals surface area contributed by atoms with Crippen LogP contribution in [0.4, 0.5) is 0 Å². The topological polar surface area (TPSA) is 109 Å². The van der Waals surface area contributed by atoms with Crippen LogP contribution in [0.3, 0.4) is 0 Å². The molecule has 0 rings (SSSR count). The minimum absolute atomic E-state index is 0.0342. The molecule has 1 unspecified atom stereocenters. The van der Waals surface area contributed by atoms with Gasteiger partial charge in [0, 0.05) is 0 Å². The fourth-order valence-corrected chi connectivity index (χ4v) is 2.89. The predicted molar refractivity (Wildman–Crippen MR) is 55.8 cm³/mol. The molecule has 92 valence electrons. The van der Waals surface area contributed by atoms with Gasteiger partial charge in [0.05, 0.1) is 11.5 Å². The molecule has 6 nitrogen and oxygen atoms in total. The van der Waals surface area contributed by atoms with E-state index in [1.54, 1.807) is 0 Å². The molecule has 0 aromatic carbocycles. The summed E-state index contributed by atoms with van der Waals surface area (Å²) < 4.78 is 59.2. The first-order chi connectivity index (χ1) is 6.64. The lowest BCUT2D eigenvalue weighted by molar-refractivity contribution is 0.435. The summed E-state index contributed by atoms with van der Waals surface area (Å²) in [5.41, 5.74) is 0. The largest absolute Gasteiger partial charge is 0.286 e. The fraction of sp³-hybridized carbons (Fsp3) is 1.00. The van der Waals surface area contributed by atoms with Crippen LogP contribution in [0.2, 0.25) is 0 Å². The molecule has 0 aliphatic rings. The Morgan fingerprint density at radius 3 is 1.87 bits per heavy atom. The van der Waals surface area contributed by atoms with E-state index in [4.69, 9.17) is 9.11 Å². The summed E-state index contributed by atoms with van der Waals surface area (Å²) in [6.07, 6.45) is 1.22. The normalized spacial score (nSPS) is 15.1. The molecule has 0 aromatic rings. The van der Waals surface area contributed by atoms with Crippen molar-refractivity contribution in [3.63, 3.8) is 0 Å². The number of hydrogen-bond donors (Lipinski definition) is 2. The lowest BCUT2D eigenvalue weighted by atomic mass is 10.0. The fourth-order valence-electron chi connectivity index (χ4n) is 1.33. The zero-order valence-electron chi connectivity index (χ0n) is 8.46. The maximum Gasteiger partial charge on any atom is 0.265 e. The second-order valence-corrected chi connectivity index (χ2v) is 6.55. The van der Waals surface area contributed by atoms with Crippen molar-refractivity contribution in [2.24, 2.45) is 5.92 Å². The predicted octanol–water partition coefficient (Wildman–Crippen LogP) is 0.568. The van der Waals surface area contributed by atoms with E-state index in [0.29, 0.717) is 12.8 Å². The molecule has 0 spiro atoms. The van der Waals surface area contributed by atoms with Crippen molar-refractivity contribution < 1.29 is 25.9 Å². The molecule has 0 aromatic heterocycles. The molecule has 0 fully saturated rings. The van der Waals surface area contributed by atoms with Crippen LogP contribution in [-0.2, 0) is 20.2 Å². The van der Waals surface area contributed by atoms with Crippen molar-refractivity contribution in [3.05, 3.63) is 0 Å². The molecular weight excluding hydrogens is 244 g/mol. The number of hydrogen-bond acceptors (Lipinski definition) is 4. The van der Waals surface area contributed by atoms with E-state index in [0.717, 1.165) is 0 Å². The Bertz CT molecular complexity index is 368.